The van der Waals surface area contributed by atoms with Crippen molar-refractivity contribution in [2.24, 2.45) is 5.73 Å². The van der Waals surface area contributed by atoms with Crippen LogP contribution in [0.15, 0.2) is 16.7 Å². The second-order valence-corrected chi connectivity index (χ2v) is 3.40. The van der Waals surface area contributed by atoms with Crippen molar-refractivity contribution in [3.63, 3.8) is 0 Å². The number of nitriles is 1. The summed E-state index contributed by atoms with van der Waals surface area (Å²) in [4.78, 5) is 4.03. The number of methoxy groups -OCH3 is 1. The third-order valence-electron chi connectivity index (χ3n) is 2.32. The Labute approximate surface area is 102 Å². The van der Waals surface area contributed by atoms with E-state index in [0.29, 0.717) is 5.56 Å². The van der Waals surface area contributed by atoms with Crippen molar-refractivity contribution < 1.29 is 14.4 Å². The number of aromatic nitrogens is 2. The van der Waals surface area contributed by atoms with Crippen LogP contribution in [-0.2, 0) is 6.54 Å². The van der Waals surface area contributed by atoms with E-state index < -0.39 is 0 Å². The molecule has 92 valence electrons. The van der Waals surface area contributed by atoms with Crippen molar-refractivity contribution in [2.45, 2.75) is 6.54 Å². The Kier molecular flexibility index (Phi) is 3.12. The van der Waals surface area contributed by atoms with E-state index >= 15 is 0 Å². The summed E-state index contributed by atoms with van der Waals surface area (Å²) >= 11 is 0. The van der Waals surface area contributed by atoms with Crippen LogP contribution in [-0.4, -0.2) is 22.4 Å². The van der Waals surface area contributed by atoms with E-state index in [1.807, 2.05) is 6.07 Å². The molecule has 2 aromatic rings. The Morgan fingerprint density at radius 1 is 1.56 bits per heavy atom. The molecule has 0 spiro atoms. The zero-order valence-electron chi connectivity index (χ0n) is 9.54. The molecular weight excluding hydrogens is 236 g/mol. The molecule has 0 amide bonds. The first-order valence-corrected chi connectivity index (χ1v) is 5.03. The normalized spacial score (nSPS) is 10.1. The zero-order chi connectivity index (χ0) is 13.1. The third-order valence-corrected chi connectivity index (χ3v) is 2.32. The van der Waals surface area contributed by atoms with Gasteiger partial charge in [0.05, 0.1) is 19.2 Å². The van der Waals surface area contributed by atoms with Gasteiger partial charge in [-0.2, -0.15) is 10.2 Å². The number of aromatic hydroxyl groups is 1. The standard InChI is InChI=1S/C11H10N4O3/c1-17-8-3-6(2-7(4-12)10(8)16)11-14-9(5-13)18-15-11/h2-3,16H,5,13H2,1H3. The fourth-order valence-electron chi connectivity index (χ4n) is 1.43. The first-order chi connectivity index (χ1) is 8.69. The second-order valence-electron chi connectivity index (χ2n) is 3.40. The topological polar surface area (TPSA) is 118 Å². The number of rotatable bonds is 3. The Hall–Kier alpha value is -2.59. The number of hydrogen-bond acceptors (Lipinski definition) is 7. The van der Waals surface area contributed by atoms with Gasteiger partial charge in [0.2, 0.25) is 11.7 Å². The Morgan fingerprint density at radius 3 is 2.89 bits per heavy atom. The van der Waals surface area contributed by atoms with Crippen LogP contribution in [0.5, 0.6) is 11.5 Å². The van der Waals surface area contributed by atoms with E-state index in [1.54, 1.807) is 0 Å². The predicted molar refractivity (Wildman–Crippen MR) is 60.6 cm³/mol. The van der Waals surface area contributed by atoms with Gasteiger partial charge in [-0.25, -0.2) is 0 Å². The lowest BCUT2D eigenvalue weighted by Crippen LogP contribution is -1.96. The molecule has 18 heavy (non-hydrogen) atoms. The number of phenolic OH excluding ortho intramolecular Hbond substituents is 1. The molecule has 0 bridgehead atoms. The lowest BCUT2D eigenvalue weighted by atomic mass is 10.1. The number of ether oxygens (including phenoxy) is 1. The van der Waals surface area contributed by atoms with Gasteiger partial charge in [0.25, 0.3) is 0 Å². The summed E-state index contributed by atoms with van der Waals surface area (Å²) in [6.07, 6.45) is 0. The largest absolute Gasteiger partial charge is 0.503 e. The minimum Gasteiger partial charge on any atom is -0.503 e. The summed E-state index contributed by atoms with van der Waals surface area (Å²) in [5, 5.41) is 22.3. The maximum atomic E-state index is 9.68. The molecule has 2 rings (SSSR count). The van der Waals surface area contributed by atoms with Gasteiger partial charge in [-0.15, -0.1) is 0 Å². The molecular formula is C11H10N4O3. The molecule has 0 saturated carbocycles. The maximum absolute atomic E-state index is 9.68. The first-order valence-electron chi connectivity index (χ1n) is 5.03. The van der Waals surface area contributed by atoms with Gasteiger partial charge < -0.3 is 20.1 Å². The lowest BCUT2D eigenvalue weighted by molar-refractivity contribution is 0.372. The van der Waals surface area contributed by atoms with Gasteiger partial charge in [0, 0.05) is 5.56 Å². The quantitative estimate of drug-likeness (QED) is 0.821. The summed E-state index contributed by atoms with van der Waals surface area (Å²) in [7, 11) is 1.39. The fraction of sp³-hybridized carbons (Fsp3) is 0.182. The fourth-order valence-corrected chi connectivity index (χ4v) is 1.43. The molecule has 0 fully saturated rings. The van der Waals surface area contributed by atoms with E-state index in [-0.39, 0.29) is 35.3 Å². The van der Waals surface area contributed by atoms with Gasteiger partial charge >= 0.3 is 0 Å². The van der Waals surface area contributed by atoms with Crippen molar-refractivity contribution in [1.82, 2.24) is 10.1 Å². The van der Waals surface area contributed by atoms with Crippen LogP contribution < -0.4 is 10.5 Å². The van der Waals surface area contributed by atoms with Crippen molar-refractivity contribution in [3.05, 3.63) is 23.6 Å². The lowest BCUT2D eigenvalue weighted by Gasteiger charge is -2.06. The molecule has 1 aromatic carbocycles. The number of nitrogens with two attached hydrogens (primary N) is 1. The smallest absolute Gasteiger partial charge is 0.240 e. The zero-order valence-corrected chi connectivity index (χ0v) is 9.54. The number of nitrogens with zero attached hydrogens (tertiary/aromatic N) is 3. The minimum absolute atomic E-state index is 0.0726. The van der Waals surface area contributed by atoms with E-state index in [4.69, 9.17) is 20.3 Å². The van der Waals surface area contributed by atoms with E-state index in [0.717, 1.165) is 0 Å². The van der Waals surface area contributed by atoms with Gasteiger partial charge in [0.15, 0.2) is 11.5 Å². The van der Waals surface area contributed by atoms with E-state index in [2.05, 4.69) is 10.1 Å². The van der Waals surface area contributed by atoms with E-state index in [1.165, 1.54) is 19.2 Å². The van der Waals surface area contributed by atoms with Crippen molar-refractivity contribution in [2.75, 3.05) is 7.11 Å². The molecule has 0 unspecified atom stereocenters. The maximum Gasteiger partial charge on any atom is 0.240 e. The SMILES string of the molecule is COc1cc(-c2noc(CN)n2)cc(C#N)c1O. The van der Waals surface area contributed by atoms with Gasteiger partial charge in [-0.1, -0.05) is 5.16 Å². The Bertz CT molecular complexity index is 615. The molecule has 7 nitrogen and oxygen atoms in total. The highest BCUT2D eigenvalue weighted by Crippen LogP contribution is 2.34. The highest BCUT2D eigenvalue weighted by atomic mass is 16.5. The first kappa shape index (κ1) is 11.9. The molecule has 0 aliphatic heterocycles. The van der Waals surface area contributed by atoms with Gasteiger partial charge in [-0.3, -0.25) is 0 Å². The molecule has 0 atom stereocenters. The number of hydrogen-bond donors (Lipinski definition) is 2. The van der Waals surface area contributed by atoms with Crippen LogP contribution >= 0.6 is 0 Å². The number of phenols is 1. The summed E-state index contributed by atoms with van der Waals surface area (Å²) < 4.78 is 9.84. The Morgan fingerprint density at radius 2 is 2.33 bits per heavy atom. The van der Waals surface area contributed by atoms with Gasteiger partial charge in [-0.05, 0) is 12.1 Å². The average Bonchev–Trinajstić information content (AvgIpc) is 2.88. The molecule has 0 aliphatic carbocycles. The van der Waals surface area contributed by atoms with Crippen molar-refractivity contribution >= 4 is 0 Å². The summed E-state index contributed by atoms with van der Waals surface area (Å²) in [6, 6.07) is 4.82. The van der Waals surface area contributed by atoms with Crippen molar-refractivity contribution in [1.29, 1.82) is 5.26 Å². The molecule has 1 aromatic heterocycles. The molecule has 3 N–H and O–H groups in total. The monoisotopic (exact) mass is 246 g/mol. The molecule has 0 radical (unpaired) electrons. The molecule has 0 aliphatic rings. The van der Waals surface area contributed by atoms with Gasteiger partial charge in [0.1, 0.15) is 6.07 Å². The number of benzene rings is 1. The molecule has 0 saturated heterocycles. The second kappa shape index (κ2) is 4.73. The van der Waals surface area contributed by atoms with Crippen LogP contribution in [0.2, 0.25) is 0 Å². The summed E-state index contributed by atoms with van der Waals surface area (Å²) in [5.74, 6) is 0.523. The van der Waals surface area contributed by atoms with Crippen LogP contribution in [0.25, 0.3) is 11.4 Å². The molecule has 1 heterocycles. The highest BCUT2D eigenvalue weighted by Gasteiger charge is 2.14. The van der Waals surface area contributed by atoms with Crippen LogP contribution in [0.3, 0.4) is 0 Å². The summed E-state index contributed by atoms with van der Waals surface area (Å²) in [6.45, 7) is 0.132. The summed E-state index contributed by atoms with van der Waals surface area (Å²) in [5.41, 5.74) is 5.94. The Balaban J connectivity index is 2.54. The van der Waals surface area contributed by atoms with Crippen LogP contribution in [0.1, 0.15) is 11.5 Å². The van der Waals surface area contributed by atoms with Crippen LogP contribution in [0, 0.1) is 11.3 Å². The minimum atomic E-state index is -0.216. The average molecular weight is 246 g/mol. The van der Waals surface area contributed by atoms with E-state index in [9.17, 15) is 5.11 Å². The predicted octanol–water partition coefficient (Wildman–Crippen LogP) is 0.781. The van der Waals surface area contributed by atoms with Crippen LogP contribution in [0.4, 0.5) is 0 Å². The molecule has 7 heteroatoms. The van der Waals surface area contributed by atoms with Crippen molar-refractivity contribution in [3.8, 4) is 29.0 Å². The highest BCUT2D eigenvalue weighted by molar-refractivity contribution is 5.66. The third kappa shape index (κ3) is 1.97.